The zero-order chi connectivity index (χ0) is 14.4. The van der Waals surface area contributed by atoms with E-state index in [0.717, 1.165) is 19.6 Å². The molecule has 2 atom stereocenters. The zero-order valence-electron chi connectivity index (χ0n) is 11.6. The fourth-order valence-electron chi connectivity index (χ4n) is 2.97. The van der Waals surface area contributed by atoms with Crippen LogP contribution in [0.3, 0.4) is 0 Å². The van der Waals surface area contributed by atoms with Crippen molar-refractivity contribution < 1.29 is 14.3 Å². The van der Waals surface area contributed by atoms with Crippen LogP contribution in [0.5, 0.6) is 0 Å². The topological polar surface area (TPSA) is 55.8 Å². The van der Waals surface area contributed by atoms with Gasteiger partial charge < -0.3 is 20.2 Å². The molecule has 6 heteroatoms. The fraction of sp³-hybridized carbons (Fsp3) is 0.500. The molecule has 5 nitrogen and oxygen atoms in total. The Morgan fingerprint density at radius 3 is 2.85 bits per heavy atom. The molecule has 0 aromatic heterocycles. The lowest BCUT2D eigenvalue weighted by Gasteiger charge is -2.40. The highest BCUT2D eigenvalue weighted by Crippen LogP contribution is 2.36. The summed E-state index contributed by atoms with van der Waals surface area (Å²) in [7, 11) is 2.05. The van der Waals surface area contributed by atoms with E-state index in [-0.39, 0.29) is 6.04 Å². The van der Waals surface area contributed by atoms with E-state index in [4.69, 9.17) is 0 Å². The standard InChI is InChI=1S/C14H18FN3O2/c1-8-7-17(2)3-4-18(8)12-6-11-9(5-10(12)15)13(19)14(20)16-11/h5-6,8,13,19H,3-4,7H2,1-2H3,(H,16,20). The second-order valence-electron chi connectivity index (χ2n) is 5.59. The van der Waals surface area contributed by atoms with Gasteiger partial charge in [0, 0.05) is 36.9 Å². The van der Waals surface area contributed by atoms with E-state index in [1.165, 1.54) is 6.07 Å². The number of nitrogens with zero attached hydrogens (tertiary/aromatic N) is 2. The summed E-state index contributed by atoms with van der Waals surface area (Å²) in [4.78, 5) is 15.6. The number of piperazine rings is 1. The van der Waals surface area contributed by atoms with Crippen molar-refractivity contribution in [1.29, 1.82) is 0 Å². The quantitative estimate of drug-likeness (QED) is 0.804. The van der Waals surface area contributed by atoms with Gasteiger partial charge in [-0.3, -0.25) is 4.79 Å². The molecule has 108 valence electrons. The molecule has 1 aromatic rings. The number of amides is 1. The summed E-state index contributed by atoms with van der Waals surface area (Å²) in [6.45, 7) is 4.53. The highest BCUT2D eigenvalue weighted by atomic mass is 19.1. The smallest absolute Gasteiger partial charge is 0.257 e. The van der Waals surface area contributed by atoms with Gasteiger partial charge in [-0.2, -0.15) is 0 Å². The summed E-state index contributed by atoms with van der Waals surface area (Å²) in [5, 5.41) is 12.2. The Morgan fingerprint density at radius 2 is 2.15 bits per heavy atom. The minimum absolute atomic E-state index is 0.198. The Kier molecular flexibility index (Phi) is 3.14. The van der Waals surface area contributed by atoms with E-state index in [9.17, 15) is 14.3 Å². The van der Waals surface area contributed by atoms with Crippen molar-refractivity contribution in [3.05, 3.63) is 23.5 Å². The van der Waals surface area contributed by atoms with Crippen molar-refractivity contribution in [3.63, 3.8) is 0 Å². The number of nitrogens with one attached hydrogen (secondary N) is 1. The lowest BCUT2D eigenvalue weighted by Crippen LogP contribution is -2.50. The van der Waals surface area contributed by atoms with Crippen molar-refractivity contribution in [2.45, 2.75) is 19.1 Å². The highest BCUT2D eigenvalue weighted by Gasteiger charge is 2.32. The van der Waals surface area contributed by atoms with Crippen LogP contribution in [0.15, 0.2) is 12.1 Å². The van der Waals surface area contributed by atoms with Crippen molar-refractivity contribution in [1.82, 2.24) is 4.90 Å². The molecule has 1 amide bonds. The van der Waals surface area contributed by atoms with Gasteiger partial charge in [0.05, 0.1) is 5.69 Å². The Hall–Kier alpha value is -1.66. The molecule has 1 fully saturated rings. The Bertz CT molecular complexity index is 564. The van der Waals surface area contributed by atoms with E-state index in [0.29, 0.717) is 16.9 Å². The molecule has 2 aliphatic rings. The number of hydrogen-bond donors (Lipinski definition) is 2. The average molecular weight is 279 g/mol. The number of hydrogen-bond acceptors (Lipinski definition) is 4. The molecule has 1 aromatic carbocycles. The fourth-order valence-corrected chi connectivity index (χ4v) is 2.97. The van der Waals surface area contributed by atoms with Gasteiger partial charge in [-0.25, -0.2) is 4.39 Å². The van der Waals surface area contributed by atoms with E-state index < -0.39 is 17.8 Å². The summed E-state index contributed by atoms with van der Waals surface area (Å²) < 4.78 is 14.3. The van der Waals surface area contributed by atoms with Crippen molar-refractivity contribution >= 4 is 17.3 Å². The lowest BCUT2D eigenvalue weighted by molar-refractivity contribution is -0.123. The largest absolute Gasteiger partial charge is 0.378 e. The van der Waals surface area contributed by atoms with Gasteiger partial charge in [0.15, 0.2) is 6.10 Å². The van der Waals surface area contributed by atoms with Gasteiger partial charge in [-0.1, -0.05) is 0 Å². The van der Waals surface area contributed by atoms with Crippen LogP contribution in [0, 0.1) is 5.82 Å². The molecular weight excluding hydrogens is 261 g/mol. The first-order valence-corrected chi connectivity index (χ1v) is 6.75. The summed E-state index contributed by atoms with van der Waals surface area (Å²) in [6.07, 6.45) is -1.27. The number of aliphatic hydroxyl groups excluding tert-OH is 1. The number of rotatable bonds is 1. The molecule has 2 N–H and O–H groups in total. The predicted octanol–water partition coefficient (Wildman–Crippen LogP) is 0.951. The van der Waals surface area contributed by atoms with Crippen LogP contribution in [-0.2, 0) is 4.79 Å². The van der Waals surface area contributed by atoms with Gasteiger partial charge >= 0.3 is 0 Å². The molecule has 20 heavy (non-hydrogen) atoms. The molecule has 0 aliphatic carbocycles. The molecule has 0 bridgehead atoms. The van der Waals surface area contributed by atoms with Crippen LogP contribution >= 0.6 is 0 Å². The van der Waals surface area contributed by atoms with E-state index in [1.54, 1.807) is 6.07 Å². The number of likely N-dealkylation sites (N-methyl/N-ethyl adjacent to an activating group) is 1. The monoisotopic (exact) mass is 279 g/mol. The molecule has 0 spiro atoms. The zero-order valence-corrected chi connectivity index (χ0v) is 11.6. The molecule has 0 radical (unpaired) electrons. The first-order chi connectivity index (χ1) is 9.47. The summed E-state index contributed by atoms with van der Waals surface area (Å²) in [5.41, 5.74) is 1.31. The first kappa shape index (κ1) is 13.3. The summed E-state index contributed by atoms with van der Waals surface area (Å²) in [5.74, 6) is -0.890. The number of aliphatic hydroxyl groups is 1. The van der Waals surface area contributed by atoms with Gasteiger partial charge in [0.25, 0.3) is 5.91 Å². The minimum atomic E-state index is -1.27. The summed E-state index contributed by atoms with van der Waals surface area (Å²) in [6, 6.07) is 3.09. The number of carbonyl (C=O) groups excluding carboxylic acids is 1. The third-order valence-electron chi connectivity index (χ3n) is 4.06. The van der Waals surface area contributed by atoms with Crippen molar-refractivity contribution in [2.75, 3.05) is 36.9 Å². The van der Waals surface area contributed by atoms with Crippen molar-refractivity contribution in [3.8, 4) is 0 Å². The molecule has 0 saturated carbocycles. The maximum Gasteiger partial charge on any atom is 0.257 e. The van der Waals surface area contributed by atoms with Gasteiger partial charge in [0.2, 0.25) is 0 Å². The number of fused-ring (bicyclic) bond motifs is 1. The molecule has 2 heterocycles. The van der Waals surface area contributed by atoms with Gasteiger partial charge in [-0.05, 0) is 26.1 Å². The second-order valence-corrected chi connectivity index (χ2v) is 5.59. The molecule has 2 unspecified atom stereocenters. The van der Waals surface area contributed by atoms with Crippen LogP contribution in [0.2, 0.25) is 0 Å². The molecule has 1 saturated heterocycles. The normalized spacial score (nSPS) is 26.6. The predicted molar refractivity (Wildman–Crippen MR) is 74.3 cm³/mol. The van der Waals surface area contributed by atoms with E-state index in [1.807, 2.05) is 11.9 Å². The Labute approximate surface area is 117 Å². The van der Waals surface area contributed by atoms with Crippen LogP contribution in [0.4, 0.5) is 15.8 Å². The van der Waals surface area contributed by atoms with Gasteiger partial charge in [-0.15, -0.1) is 0 Å². The Balaban J connectivity index is 1.96. The number of benzene rings is 1. The number of halogens is 1. The Morgan fingerprint density at radius 1 is 1.40 bits per heavy atom. The molecular formula is C14H18FN3O2. The number of carbonyl (C=O) groups is 1. The average Bonchev–Trinajstić information content (AvgIpc) is 2.65. The molecule has 2 aliphatic heterocycles. The van der Waals surface area contributed by atoms with Crippen molar-refractivity contribution in [2.24, 2.45) is 0 Å². The SMILES string of the molecule is CC1CN(C)CCN1c1cc2c(cc1F)C(O)C(=O)N2. The lowest BCUT2D eigenvalue weighted by atomic mass is 10.1. The van der Waals surface area contributed by atoms with E-state index >= 15 is 0 Å². The summed E-state index contributed by atoms with van der Waals surface area (Å²) >= 11 is 0. The van der Waals surface area contributed by atoms with Crippen LogP contribution < -0.4 is 10.2 Å². The first-order valence-electron chi connectivity index (χ1n) is 6.75. The highest BCUT2D eigenvalue weighted by molar-refractivity contribution is 6.02. The second kappa shape index (κ2) is 4.71. The maximum atomic E-state index is 14.3. The third kappa shape index (κ3) is 2.05. The van der Waals surface area contributed by atoms with E-state index in [2.05, 4.69) is 17.1 Å². The van der Waals surface area contributed by atoms with Gasteiger partial charge in [0.1, 0.15) is 5.82 Å². The van der Waals surface area contributed by atoms with Crippen LogP contribution in [0.1, 0.15) is 18.6 Å². The van der Waals surface area contributed by atoms with Crippen LogP contribution in [0.25, 0.3) is 0 Å². The number of anilines is 2. The van der Waals surface area contributed by atoms with Crippen LogP contribution in [-0.4, -0.2) is 48.6 Å². The molecule has 3 rings (SSSR count). The maximum absolute atomic E-state index is 14.3. The third-order valence-corrected chi connectivity index (χ3v) is 4.06. The minimum Gasteiger partial charge on any atom is -0.378 e.